The lowest BCUT2D eigenvalue weighted by Gasteiger charge is -2.17. The molecule has 0 bridgehead atoms. The Morgan fingerprint density at radius 1 is 1.17 bits per heavy atom. The van der Waals surface area contributed by atoms with E-state index in [1.807, 2.05) is 0 Å². The highest BCUT2D eigenvalue weighted by molar-refractivity contribution is 9.11. The SMILES string of the molecule is O=C(Nc1ccc(Cl)cc1)Oc1c(Br)cc(Br)cc1C1OCCO1. The van der Waals surface area contributed by atoms with Crippen molar-refractivity contribution in [3.05, 3.63) is 55.9 Å². The Hall–Kier alpha value is -1.12. The lowest BCUT2D eigenvalue weighted by Crippen LogP contribution is -2.18. The molecule has 0 radical (unpaired) electrons. The van der Waals surface area contributed by atoms with E-state index in [2.05, 4.69) is 37.2 Å². The molecule has 1 aliphatic rings. The van der Waals surface area contributed by atoms with Crippen LogP contribution in [0.3, 0.4) is 0 Å². The van der Waals surface area contributed by atoms with Gasteiger partial charge in [-0.25, -0.2) is 4.79 Å². The number of hydrogen-bond acceptors (Lipinski definition) is 4. The van der Waals surface area contributed by atoms with Crippen molar-refractivity contribution >= 4 is 55.2 Å². The standard InChI is InChI=1S/C16H12Br2ClNO4/c17-9-7-12(15-22-5-6-23-15)14(13(18)8-9)24-16(21)20-11-3-1-10(19)2-4-11/h1-4,7-8,15H,5-6H2,(H,20,21). The van der Waals surface area contributed by atoms with Crippen LogP contribution in [0.1, 0.15) is 11.9 Å². The van der Waals surface area contributed by atoms with Crippen LogP contribution in [-0.2, 0) is 9.47 Å². The van der Waals surface area contributed by atoms with E-state index in [1.165, 1.54) is 0 Å². The molecule has 1 heterocycles. The second-order valence-electron chi connectivity index (χ2n) is 4.90. The number of rotatable bonds is 3. The molecule has 2 aromatic carbocycles. The number of anilines is 1. The van der Waals surface area contributed by atoms with Crippen LogP contribution in [0.4, 0.5) is 10.5 Å². The lowest BCUT2D eigenvalue weighted by atomic mass is 10.2. The molecule has 0 aromatic heterocycles. The Labute approximate surface area is 160 Å². The number of hydrogen-bond donors (Lipinski definition) is 1. The first-order valence-electron chi connectivity index (χ1n) is 6.99. The number of benzene rings is 2. The minimum Gasteiger partial charge on any atom is -0.408 e. The quantitative estimate of drug-likeness (QED) is 0.632. The Kier molecular flexibility index (Phi) is 5.78. The van der Waals surface area contributed by atoms with Gasteiger partial charge in [0, 0.05) is 15.2 Å². The Morgan fingerprint density at radius 2 is 1.83 bits per heavy atom. The van der Waals surface area contributed by atoms with E-state index >= 15 is 0 Å². The Balaban J connectivity index is 1.80. The van der Waals surface area contributed by atoms with Crippen molar-refractivity contribution < 1.29 is 19.0 Å². The van der Waals surface area contributed by atoms with E-state index in [9.17, 15) is 4.79 Å². The van der Waals surface area contributed by atoms with E-state index < -0.39 is 12.4 Å². The maximum Gasteiger partial charge on any atom is 0.417 e. The molecule has 0 saturated carbocycles. The van der Waals surface area contributed by atoms with Gasteiger partial charge in [-0.1, -0.05) is 27.5 Å². The van der Waals surface area contributed by atoms with Gasteiger partial charge in [0.1, 0.15) is 0 Å². The summed E-state index contributed by atoms with van der Waals surface area (Å²) < 4.78 is 17.9. The van der Waals surface area contributed by atoms with Crippen LogP contribution in [0.5, 0.6) is 5.75 Å². The van der Waals surface area contributed by atoms with Crippen LogP contribution in [0, 0.1) is 0 Å². The van der Waals surface area contributed by atoms with Crippen molar-refractivity contribution in [2.24, 2.45) is 0 Å². The molecule has 3 rings (SSSR count). The number of amides is 1. The van der Waals surface area contributed by atoms with Crippen molar-refractivity contribution in [2.45, 2.75) is 6.29 Å². The third-order valence-electron chi connectivity index (χ3n) is 3.20. The van der Waals surface area contributed by atoms with Gasteiger partial charge in [0.2, 0.25) is 0 Å². The molecule has 5 nitrogen and oxygen atoms in total. The van der Waals surface area contributed by atoms with Crippen molar-refractivity contribution in [3.63, 3.8) is 0 Å². The van der Waals surface area contributed by atoms with E-state index in [1.54, 1.807) is 36.4 Å². The summed E-state index contributed by atoms with van der Waals surface area (Å²) in [5.41, 5.74) is 1.20. The first kappa shape index (κ1) is 17.7. The van der Waals surface area contributed by atoms with Gasteiger partial charge in [-0.05, 0) is 52.3 Å². The fourth-order valence-corrected chi connectivity index (χ4v) is 3.64. The number of nitrogens with one attached hydrogen (secondary N) is 1. The molecular weight excluding hydrogens is 465 g/mol. The fourth-order valence-electron chi connectivity index (χ4n) is 2.17. The monoisotopic (exact) mass is 475 g/mol. The van der Waals surface area contributed by atoms with Crippen molar-refractivity contribution in [3.8, 4) is 5.75 Å². The second kappa shape index (κ2) is 7.84. The molecule has 1 fully saturated rings. The number of carbonyl (C=O) groups is 1. The summed E-state index contributed by atoms with van der Waals surface area (Å²) in [6.07, 6.45) is -1.20. The van der Waals surface area contributed by atoms with Crippen LogP contribution in [0.2, 0.25) is 5.02 Å². The molecule has 0 unspecified atom stereocenters. The second-order valence-corrected chi connectivity index (χ2v) is 7.11. The van der Waals surface area contributed by atoms with Crippen molar-refractivity contribution in [1.82, 2.24) is 0 Å². The van der Waals surface area contributed by atoms with Crippen LogP contribution < -0.4 is 10.1 Å². The maximum absolute atomic E-state index is 12.2. The van der Waals surface area contributed by atoms with Gasteiger partial charge in [-0.3, -0.25) is 5.32 Å². The van der Waals surface area contributed by atoms with Gasteiger partial charge < -0.3 is 14.2 Å². The van der Waals surface area contributed by atoms with Gasteiger partial charge in [0.25, 0.3) is 0 Å². The molecule has 1 N–H and O–H groups in total. The number of halogens is 3. The highest BCUT2D eigenvalue weighted by Crippen LogP contribution is 2.39. The van der Waals surface area contributed by atoms with Gasteiger partial charge in [0.15, 0.2) is 12.0 Å². The zero-order valence-electron chi connectivity index (χ0n) is 12.2. The minimum absolute atomic E-state index is 0.344. The summed E-state index contributed by atoms with van der Waals surface area (Å²) in [6.45, 7) is 0.983. The molecule has 126 valence electrons. The smallest absolute Gasteiger partial charge is 0.408 e. The van der Waals surface area contributed by atoms with Gasteiger partial charge in [-0.2, -0.15) is 0 Å². The highest BCUT2D eigenvalue weighted by atomic mass is 79.9. The molecule has 1 saturated heterocycles. The molecular formula is C16H12Br2ClNO4. The zero-order valence-corrected chi connectivity index (χ0v) is 16.2. The molecule has 0 atom stereocenters. The normalized spacial score (nSPS) is 14.6. The average Bonchev–Trinajstić information content (AvgIpc) is 3.06. The van der Waals surface area contributed by atoms with Crippen molar-refractivity contribution in [1.29, 1.82) is 0 Å². The molecule has 2 aromatic rings. The molecule has 0 spiro atoms. The first-order chi connectivity index (χ1) is 11.5. The maximum atomic E-state index is 12.2. The topological polar surface area (TPSA) is 56.8 Å². The predicted molar refractivity (Wildman–Crippen MR) is 97.6 cm³/mol. The highest BCUT2D eigenvalue weighted by Gasteiger charge is 2.26. The van der Waals surface area contributed by atoms with E-state index in [-0.39, 0.29) is 0 Å². The molecule has 1 amide bonds. The largest absolute Gasteiger partial charge is 0.417 e. The summed E-state index contributed by atoms with van der Waals surface area (Å²) in [6, 6.07) is 10.3. The Bertz CT molecular complexity index is 748. The van der Waals surface area contributed by atoms with Crippen LogP contribution in [0.15, 0.2) is 45.3 Å². The van der Waals surface area contributed by atoms with Crippen molar-refractivity contribution in [2.75, 3.05) is 18.5 Å². The first-order valence-corrected chi connectivity index (χ1v) is 8.96. The summed E-state index contributed by atoms with van der Waals surface area (Å²) in [4.78, 5) is 12.2. The number of carbonyl (C=O) groups excluding carboxylic acids is 1. The van der Waals surface area contributed by atoms with Crippen LogP contribution >= 0.6 is 43.5 Å². The third-order valence-corrected chi connectivity index (χ3v) is 4.50. The molecule has 24 heavy (non-hydrogen) atoms. The summed E-state index contributed by atoms with van der Waals surface area (Å²) in [5.74, 6) is 0.344. The molecule has 1 aliphatic heterocycles. The van der Waals surface area contributed by atoms with E-state index in [4.69, 9.17) is 25.8 Å². The molecule has 0 aliphatic carbocycles. The van der Waals surface area contributed by atoms with E-state index in [0.29, 0.717) is 39.7 Å². The summed E-state index contributed by atoms with van der Waals surface area (Å²) >= 11 is 12.6. The Morgan fingerprint density at radius 3 is 2.50 bits per heavy atom. The van der Waals surface area contributed by atoms with Gasteiger partial charge in [-0.15, -0.1) is 0 Å². The third kappa shape index (κ3) is 4.29. The lowest BCUT2D eigenvalue weighted by molar-refractivity contribution is -0.0453. The van der Waals surface area contributed by atoms with Gasteiger partial charge >= 0.3 is 6.09 Å². The van der Waals surface area contributed by atoms with E-state index in [0.717, 1.165) is 4.47 Å². The minimum atomic E-state index is -0.625. The summed E-state index contributed by atoms with van der Waals surface area (Å²) in [7, 11) is 0. The average molecular weight is 478 g/mol. The number of ether oxygens (including phenoxy) is 3. The van der Waals surface area contributed by atoms with Crippen LogP contribution in [0.25, 0.3) is 0 Å². The molecule has 8 heteroatoms. The summed E-state index contributed by atoms with van der Waals surface area (Å²) in [5, 5.41) is 3.23. The van der Waals surface area contributed by atoms with Gasteiger partial charge in [0.05, 0.1) is 23.2 Å². The fraction of sp³-hybridized carbons (Fsp3) is 0.188. The predicted octanol–water partition coefficient (Wildman–Crippen LogP) is 5.52. The zero-order chi connectivity index (χ0) is 17.1. The van der Waals surface area contributed by atoms with Crippen LogP contribution in [-0.4, -0.2) is 19.3 Å².